The van der Waals surface area contributed by atoms with Gasteiger partial charge in [0.25, 0.3) is 15.9 Å². The second-order valence-corrected chi connectivity index (χ2v) is 9.50. The number of amidine groups is 1. The van der Waals surface area contributed by atoms with Gasteiger partial charge in [-0.15, -0.1) is 4.40 Å². The van der Waals surface area contributed by atoms with Gasteiger partial charge < -0.3 is 14.2 Å². The summed E-state index contributed by atoms with van der Waals surface area (Å²) in [6, 6.07) is 2.72. The lowest BCUT2D eigenvalue weighted by Gasteiger charge is -2.30. The fourth-order valence-corrected chi connectivity index (χ4v) is 4.92. The minimum atomic E-state index is -3.94. The molecule has 2 aromatic rings. The smallest absolute Gasteiger partial charge is 0.340 e. The number of benzene rings is 1. The van der Waals surface area contributed by atoms with Crippen molar-refractivity contribution in [3.8, 4) is 0 Å². The Morgan fingerprint density at radius 2 is 2.10 bits per heavy atom. The summed E-state index contributed by atoms with van der Waals surface area (Å²) >= 11 is 6.34. The van der Waals surface area contributed by atoms with Crippen LogP contribution in [0.3, 0.4) is 0 Å². The lowest BCUT2D eigenvalue weighted by molar-refractivity contribution is 0.0429. The molecule has 0 radical (unpaired) electrons. The highest BCUT2D eigenvalue weighted by Gasteiger charge is 2.33. The Kier molecular flexibility index (Phi) is 5.54. The predicted octanol–water partition coefficient (Wildman–Crippen LogP) is 3.68. The molecule has 160 valence electrons. The van der Waals surface area contributed by atoms with E-state index in [1.807, 2.05) is 18.7 Å². The summed E-state index contributed by atoms with van der Waals surface area (Å²) in [7, 11) is -3.94. The molecular weight excluding hydrogens is 432 g/mol. The number of nitrogens with zero attached hydrogens (tertiary/aromatic N) is 4. The van der Waals surface area contributed by atoms with Crippen LogP contribution in [0.1, 0.15) is 67.5 Å². The Balaban J connectivity index is 1.61. The summed E-state index contributed by atoms with van der Waals surface area (Å²) in [4.78, 5) is 18.5. The Labute approximate surface area is 179 Å². The van der Waals surface area contributed by atoms with Crippen molar-refractivity contribution in [2.75, 3.05) is 11.4 Å². The predicted molar refractivity (Wildman–Crippen MR) is 109 cm³/mol. The van der Waals surface area contributed by atoms with Crippen molar-refractivity contribution in [3.63, 3.8) is 0 Å². The number of ether oxygens (including phenoxy) is 1. The van der Waals surface area contributed by atoms with Crippen molar-refractivity contribution in [3.05, 3.63) is 34.4 Å². The van der Waals surface area contributed by atoms with Gasteiger partial charge >= 0.3 is 5.97 Å². The molecule has 1 fully saturated rings. The number of sulfonamides is 1. The van der Waals surface area contributed by atoms with E-state index in [1.165, 1.54) is 12.1 Å². The van der Waals surface area contributed by atoms with Crippen molar-refractivity contribution in [2.45, 2.75) is 57.0 Å². The molecule has 0 amide bonds. The normalized spacial score (nSPS) is 17.7. The Morgan fingerprint density at radius 3 is 2.83 bits per heavy atom. The van der Waals surface area contributed by atoms with E-state index in [0.29, 0.717) is 30.3 Å². The van der Waals surface area contributed by atoms with E-state index in [4.69, 9.17) is 20.9 Å². The first-order valence-corrected chi connectivity index (χ1v) is 11.5. The number of rotatable bonds is 4. The average molecular weight is 453 g/mol. The third-order valence-electron chi connectivity index (χ3n) is 4.98. The van der Waals surface area contributed by atoms with Crippen LogP contribution in [0, 0.1) is 0 Å². The molecule has 0 unspecified atom stereocenters. The van der Waals surface area contributed by atoms with Gasteiger partial charge in [-0.25, -0.2) is 4.79 Å². The number of aromatic nitrogens is 2. The van der Waals surface area contributed by atoms with Crippen molar-refractivity contribution in [1.82, 2.24) is 10.1 Å². The fourth-order valence-electron chi connectivity index (χ4n) is 3.42. The largest absolute Gasteiger partial charge is 0.452 e. The molecule has 0 aliphatic carbocycles. The summed E-state index contributed by atoms with van der Waals surface area (Å²) in [5, 5.41) is 3.91. The van der Waals surface area contributed by atoms with Crippen LogP contribution in [0.5, 0.6) is 0 Å². The molecule has 4 rings (SSSR count). The van der Waals surface area contributed by atoms with E-state index in [-0.39, 0.29) is 33.9 Å². The first-order valence-electron chi connectivity index (χ1n) is 9.71. The molecule has 0 N–H and O–H groups in total. The fraction of sp³-hybridized carbons (Fsp3) is 0.474. The molecule has 0 atom stereocenters. The van der Waals surface area contributed by atoms with Gasteiger partial charge in [0.2, 0.25) is 0 Å². The van der Waals surface area contributed by atoms with Crippen LogP contribution < -0.4 is 4.90 Å². The molecule has 2 aliphatic rings. The summed E-state index contributed by atoms with van der Waals surface area (Å²) < 4.78 is 39.7. The van der Waals surface area contributed by atoms with Crippen LogP contribution in [-0.2, 0) is 21.4 Å². The van der Waals surface area contributed by atoms with E-state index in [9.17, 15) is 13.2 Å². The van der Waals surface area contributed by atoms with Crippen molar-refractivity contribution in [1.29, 1.82) is 0 Å². The van der Waals surface area contributed by atoms with E-state index in [0.717, 1.165) is 19.3 Å². The molecule has 9 nitrogen and oxygen atoms in total. The lowest BCUT2D eigenvalue weighted by atomic mass is 10.1. The zero-order valence-electron chi connectivity index (χ0n) is 16.6. The minimum absolute atomic E-state index is 0.0515. The molecule has 30 heavy (non-hydrogen) atoms. The number of fused-ring (bicyclic) bond motifs is 3. The highest BCUT2D eigenvalue weighted by molar-refractivity contribution is 7.90. The van der Waals surface area contributed by atoms with Gasteiger partial charge in [-0.2, -0.15) is 13.4 Å². The van der Waals surface area contributed by atoms with Crippen LogP contribution in [0.4, 0.5) is 5.69 Å². The Morgan fingerprint density at radius 1 is 1.30 bits per heavy atom. The van der Waals surface area contributed by atoms with Crippen LogP contribution in [0.2, 0.25) is 5.02 Å². The van der Waals surface area contributed by atoms with Gasteiger partial charge in [0, 0.05) is 18.9 Å². The van der Waals surface area contributed by atoms with Gasteiger partial charge in [-0.1, -0.05) is 37.0 Å². The van der Waals surface area contributed by atoms with Crippen LogP contribution in [0.25, 0.3) is 0 Å². The SMILES string of the molecule is CC(C)c1noc(COC(=O)c2cc3c(cc2Cl)N2CCCCCC2=NS3(=O)=O)n1. The molecule has 1 saturated heterocycles. The topological polar surface area (TPSA) is 115 Å². The Hall–Kier alpha value is -2.46. The quantitative estimate of drug-likeness (QED) is 0.645. The molecule has 0 saturated carbocycles. The first kappa shape index (κ1) is 20.8. The number of hydrogen-bond acceptors (Lipinski definition) is 8. The average Bonchev–Trinajstić information content (AvgIpc) is 3.05. The second-order valence-electron chi connectivity index (χ2n) is 7.52. The van der Waals surface area contributed by atoms with Crippen LogP contribution in [0.15, 0.2) is 25.9 Å². The number of hydrogen-bond donors (Lipinski definition) is 0. The lowest BCUT2D eigenvalue weighted by Crippen LogP contribution is -2.35. The van der Waals surface area contributed by atoms with Gasteiger partial charge in [-0.05, 0) is 25.0 Å². The van der Waals surface area contributed by atoms with Crippen molar-refractivity contribution in [2.24, 2.45) is 4.40 Å². The monoisotopic (exact) mass is 452 g/mol. The minimum Gasteiger partial charge on any atom is -0.452 e. The number of carbonyl (C=O) groups excluding carboxylic acids is 1. The van der Waals surface area contributed by atoms with Gasteiger partial charge in [0.15, 0.2) is 12.4 Å². The summed E-state index contributed by atoms with van der Waals surface area (Å²) in [6.45, 7) is 4.22. The maximum Gasteiger partial charge on any atom is 0.340 e. The number of carbonyl (C=O) groups is 1. The van der Waals surface area contributed by atoms with Crippen LogP contribution >= 0.6 is 11.6 Å². The van der Waals surface area contributed by atoms with Gasteiger partial charge in [0.1, 0.15) is 10.7 Å². The molecule has 1 aromatic heterocycles. The molecule has 0 spiro atoms. The van der Waals surface area contributed by atoms with Crippen molar-refractivity contribution < 1.29 is 22.5 Å². The van der Waals surface area contributed by atoms with E-state index < -0.39 is 16.0 Å². The van der Waals surface area contributed by atoms with Crippen molar-refractivity contribution >= 4 is 39.1 Å². The third kappa shape index (κ3) is 3.93. The second kappa shape index (κ2) is 7.99. The number of halogens is 1. The number of anilines is 1. The molecule has 2 aliphatic heterocycles. The zero-order valence-corrected chi connectivity index (χ0v) is 18.2. The molecule has 3 heterocycles. The molecular formula is C19H21ClN4O5S. The van der Waals surface area contributed by atoms with Gasteiger partial charge in [0.05, 0.1) is 16.3 Å². The highest BCUT2D eigenvalue weighted by atomic mass is 35.5. The summed E-state index contributed by atoms with van der Waals surface area (Å²) in [6.07, 6.45) is 3.38. The molecule has 0 bridgehead atoms. The maximum absolute atomic E-state index is 12.7. The zero-order chi connectivity index (χ0) is 21.5. The summed E-state index contributed by atoms with van der Waals surface area (Å²) in [5.74, 6) is 0.456. The highest BCUT2D eigenvalue weighted by Crippen LogP contribution is 2.38. The molecule has 1 aromatic carbocycles. The first-order chi connectivity index (χ1) is 14.3. The van der Waals surface area contributed by atoms with E-state index in [1.54, 1.807) is 0 Å². The van der Waals surface area contributed by atoms with E-state index >= 15 is 0 Å². The van der Waals surface area contributed by atoms with E-state index in [2.05, 4.69) is 14.5 Å². The molecule has 11 heteroatoms. The summed E-state index contributed by atoms with van der Waals surface area (Å²) in [5.41, 5.74) is 0.387. The standard InChI is InChI=1S/C19H21ClN4O5S/c1-11(2)18-21-17(29-22-18)10-28-19(25)12-8-15-14(9-13(12)20)24-7-5-3-4-6-16(24)23-30(15,26)27/h8-9,11H,3-7,10H2,1-2H3. The van der Waals surface area contributed by atoms with Crippen LogP contribution in [-0.4, -0.2) is 36.9 Å². The maximum atomic E-state index is 12.7. The Bertz CT molecular complexity index is 1130. The number of esters is 1. The van der Waals surface area contributed by atoms with Gasteiger partial charge in [-0.3, -0.25) is 0 Å². The third-order valence-corrected chi connectivity index (χ3v) is 6.63.